The van der Waals surface area contributed by atoms with Gasteiger partial charge in [0.05, 0.1) is 17.9 Å². The van der Waals surface area contributed by atoms with Gasteiger partial charge in [0.1, 0.15) is 11.6 Å². The number of likely N-dealkylation sites (tertiary alicyclic amines) is 2. The van der Waals surface area contributed by atoms with Gasteiger partial charge in [0, 0.05) is 29.3 Å². The van der Waals surface area contributed by atoms with Gasteiger partial charge >= 0.3 is 0 Å². The van der Waals surface area contributed by atoms with Gasteiger partial charge in [-0.2, -0.15) is 0 Å². The Morgan fingerprint density at radius 1 is 1.05 bits per heavy atom. The van der Waals surface area contributed by atoms with E-state index in [1.165, 1.54) is 19.3 Å². The van der Waals surface area contributed by atoms with Crippen LogP contribution in [0.3, 0.4) is 0 Å². The van der Waals surface area contributed by atoms with Gasteiger partial charge in [-0.1, -0.05) is 54.3 Å². The number of rotatable bonds is 8. The van der Waals surface area contributed by atoms with Crippen molar-refractivity contribution < 1.29 is 19.1 Å². The van der Waals surface area contributed by atoms with Crippen molar-refractivity contribution in [1.82, 2.24) is 15.1 Å². The van der Waals surface area contributed by atoms with Gasteiger partial charge in [-0.15, -0.1) is 0 Å². The summed E-state index contributed by atoms with van der Waals surface area (Å²) in [5.41, 5.74) is -0.444. The molecule has 1 aromatic rings. The molecular formula is C31H41BrN4O4. The molecule has 0 radical (unpaired) electrons. The molecule has 1 spiro atoms. The van der Waals surface area contributed by atoms with Crippen molar-refractivity contribution in [3.8, 4) is 0 Å². The smallest absolute Gasteiger partial charge is 0.246 e. The highest BCUT2D eigenvalue weighted by Gasteiger charge is 2.72. The third-order valence-corrected chi connectivity index (χ3v) is 10.1. The number of hydrogen-bond acceptors (Lipinski definition) is 5. The van der Waals surface area contributed by atoms with Gasteiger partial charge in [-0.25, -0.2) is 0 Å². The number of nitrogens with zero attached hydrogens (tertiary/aromatic N) is 2. The Bertz CT molecular complexity index is 1150. The normalized spacial score (nSPS) is 33.8. The number of carbonyl (C=O) groups excluding carboxylic acids is 3. The zero-order chi connectivity index (χ0) is 27.9. The summed E-state index contributed by atoms with van der Waals surface area (Å²) >= 11 is 3.43. The molecular weight excluding hydrogens is 572 g/mol. The van der Waals surface area contributed by atoms with Crippen LogP contribution in [-0.4, -0.2) is 77.5 Å². The molecule has 4 heterocycles. The van der Waals surface area contributed by atoms with Crippen molar-refractivity contribution >= 4 is 39.3 Å². The third-order valence-electron chi connectivity index (χ3n) is 9.60. The molecule has 9 heteroatoms. The summed E-state index contributed by atoms with van der Waals surface area (Å²) in [5, 5.41) is 6.26. The van der Waals surface area contributed by atoms with Crippen LogP contribution in [0.25, 0.3) is 0 Å². The molecule has 8 nitrogen and oxygen atoms in total. The van der Waals surface area contributed by atoms with Crippen molar-refractivity contribution in [2.75, 3.05) is 31.5 Å². The number of amides is 3. The highest BCUT2D eigenvalue weighted by Crippen LogP contribution is 2.55. The van der Waals surface area contributed by atoms with E-state index in [0.29, 0.717) is 18.2 Å². The molecule has 2 N–H and O–H groups in total. The molecule has 6 unspecified atom stereocenters. The first kappa shape index (κ1) is 27.9. The lowest BCUT2D eigenvalue weighted by atomic mass is 9.74. The summed E-state index contributed by atoms with van der Waals surface area (Å²) < 4.78 is 7.41. The molecule has 4 aliphatic heterocycles. The fraction of sp³-hybridized carbons (Fsp3) is 0.645. The van der Waals surface area contributed by atoms with Crippen LogP contribution in [0.1, 0.15) is 58.3 Å². The second kappa shape index (κ2) is 11.6. The first-order valence-corrected chi connectivity index (χ1v) is 15.9. The quantitative estimate of drug-likeness (QED) is 0.431. The van der Waals surface area contributed by atoms with E-state index < -0.39 is 29.6 Å². The van der Waals surface area contributed by atoms with Crippen LogP contribution in [0.4, 0.5) is 5.69 Å². The zero-order valence-electron chi connectivity index (χ0n) is 23.3. The summed E-state index contributed by atoms with van der Waals surface area (Å²) in [6.07, 6.45) is 11.9. The summed E-state index contributed by atoms with van der Waals surface area (Å²) in [5.74, 6) is -1.23. The molecule has 0 aromatic heterocycles. The molecule has 6 rings (SSSR count). The third kappa shape index (κ3) is 5.25. The minimum Gasteiger partial charge on any atom is -0.359 e. The Kier molecular flexibility index (Phi) is 8.07. The van der Waals surface area contributed by atoms with Gasteiger partial charge in [-0.3, -0.25) is 14.4 Å². The van der Waals surface area contributed by atoms with Gasteiger partial charge < -0.3 is 25.2 Å². The molecule has 216 valence electrons. The standard InChI is InChI=1S/C31H41BrN4O4/c1-20-7-5-16-35(19-20)17-6-18-36-27(29(38)34-22-8-3-2-4-9-22)31-15-14-24(40-31)25(26(31)30(36)39)28(37)33-23-12-10-21(32)11-13-23/h10-15,20,22,24-27H,2-9,16-19H2,1H3,(H,33,37)(H,34,38). The Labute approximate surface area is 245 Å². The lowest BCUT2D eigenvalue weighted by Crippen LogP contribution is -2.56. The van der Waals surface area contributed by atoms with Gasteiger partial charge in [-0.05, 0) is 75.4 Å². The van der Waals surface area contributed by atoms with E-state index in [9.17, 15) is 14.4 Å². The number of piperidine rings is 1. The molecule has 6 atom stereocenters. The number of halogens is 1. The van der Waals surface area contributed by atoms with Crippen LogP contribution in [0.5, 0.6) is 0 Å². The molecule has 4 fully saturated rings. The number of fused-ring (bicyclic) bond motifs is 1. The molecule has 1 aromatic carbocycles. The Balaban J connectivity index is 1.23. The molecule has 1 aliphatic carbocycles. The number of carbonyl (C=O) groups is 3. The second-order valence-corrected chi connectivity index (χ2v) is 13.4. The summed E-state index contributed by atoms with van der Waals surface area (Å²) in [4.78, 5) is 45.9. The van der Waals surface area contributed by atoms with Crippen LogP contribution >= 0.6 is 15.9 Å². The maximum atomic E-state index is 14.2. The van der Waals surface area contributed by atoms with E-state index in [-0.39, 0.29) is 23.8 Å². The first-order chi connectivity index (χ1) is 19.4. The van der Waals surface area contributed by atoms with Gasteiger partial charge in [0.25, 0.3) is 0 Å². The molecule has 40 heavy (non-hydrogen) atoms. The van der Waals surface area contributed by atoms with Crippen molar-refractivity contribution in [2.45, 2.75) is 82.1 Å². The van der Waals surface area contributed by atoms with Gasteiger partial charge in [0.2, 0.25) is 17.7 Å². The average molecular weight is 614 g/mol. The van der Waals surface area contributed by atoms with Crippen molar-refractivity contribution in [1.29, 1.82) is 0 Å². The topological polar surface area (TPSA) is 91.0 Å². The largest absolute Gasteiger partial charge is 0.359 e. The summed E-state index contributed by atoms with van der Waals surface area (Å²) in [6.45, 7) is 5.84. The van der Waals surface area contributed by atoms with Crippen LogP contribution in [0.15, 0.2) is 40.9 Å². The maximum Gasteiger partial charge on any atom is 0.246 e. The minimum absolute atomic E-state index is 0.127. The van der Waals surface area contributed by atoms with E-state index in [1.54, 1.807) is 4.90 Å². The number of hydrogen-bond donors (Lipinski definition) is 2. The Hall–Kier alpha value is -2.23. The predicted molar refractivity (Wildman–Crippen MR) is 156 cm³/mol. The zero-order valence-corrected chi connectivity index (χ0v) is 24.9. The summed E-state index contributed by atoms with van der Waals surface area (Å²) in [7, 11) is 0. The fourth-order valence-electron chi connectivity index (χ4n) is 7.75. The van der Waals surface area contributed by atoms with Crippen molar-refractivity contribution in [3.05, 3.63) is 40.9 Å². The SMILES string of the molecule is CC1CCCN(CCCN2C(=O)C3C(C(=O)Nc4ccc(Br)cc4)C4C=CC3(O4)C2C(=O)NC2CCCCC2)C1. The minimum atomic E-state index is -1.11. The van der Waals surface area contributed by atoms with Crippen LogP contribution in [0.2, 0.25) is 0 Å². The van der Waals surface area contributed by atoms with E-state index in [1.807, 2.05) is 36.4 Å². The Morgan fingerprint density at radius 3 is 2.58 bits per heavy atom. The molecule has 2 bridgehead atoms. The lowest BCUT2D eigenvalue weighted by Gasteiger charge is -2.35. The average Bonchev–Trinajstić information content (AvgIpc) is 3.58. The fourth-order valence-corrected chi connectivity index (χ4v) is 8.01. The van der Waals surface area contributed by atoms with Crippen LogP contribution < -0.4 is 10.6 Å². The molecule has 3 amide bonds. The van der Waals surface area contributed by atoms with E-state index in [2.05, 4.69) is 38.4 Å². The number of nitrogens with one attached hydrogen (secondary N) is 2. The summed E-state index contributed by atoms with van der Waals surface area (Å²) in [6, 6.07) is 6.75. The number of ether oxygens (including phenoxy) is 1. The molecule has 3 saturated heterocycles. The van der Waals surface area contributed by atoms with Crippen LogP contribution in [0, 0.1) is 17.8 Å². The predicted octanol–water partition coefficient (Wildman–Crippen LogP) is 4.11. The van der Waals surface area contributed by atoms with E-state index in [0.717, 1.165) is 56.2 Å². The monoisotopic (exact) mass is 612 g/mol. The number of benzene rings is 1. The molecule has 1 saturated carbocycles. The van der Waals surface area contributed by atoms with Crippen LogP contribution in [-0.2, 0) is 19.1 Å². The van der Waals surface area contributed by atoms with E-state index in [4.69, 9.17) is 4.74 Å². The lowest BCUT2D eigenvalue weighted by molar-refractivity contribution is -0.141. The second-order valence-electron chi connectivity index (χ2n) is 12.5. The number of anilines is 1. The molecule has 5 aliphatic rings. The highest BCUT2D eigenvalue weighted by molar-refractivity contribution is 9.10. The Morgan fingerprint density at radius 2 is 1.82 bits per heavy atom. The van der Waals surface area contributed by atoms with Gasteiger partial charge in [0.15, 0.2) is 0 Å². The van der Waals surface area contributed by atoms with Crippen molar-refractivity contribution in [2.24, 2.45) is 17.8 Å². The first-order valence-electron chi connectivity index (χ1n) is 15.1. The highest BCUT2D eigenvalue weighted by atomic mass is 79.9. The van der Waals surface area contributed by atoms with E-state index >= 15 is 0 Å². The van der Waals surface area contributed by atoms with Crippen molar-refractivity contribution in [3.63, 3.8) is 0 Å². The maximum absolute atomic E-state index is 14.2.